The van der Waals surface area contributed by atoms with Gasteiger partial charge in [-0.2, -0.15) is 0 Å². The molecule has 0 radical (unpaired) electrons. The maximum Gasteiger partial charge on any atom is 0.119 e. The number of hydrogen-bond donors (Lipinski definition) is 1. The van der Waals surface area contributed by atoms with Gasteiger partial charge in [0.1, 0.15) is 5.75 Å². The van der Waals surface area contributed by atoms with Gasteiger partial charge >= 0.3 is 0 Å². The number of hydrogen-bond acceptors (Lipinski definition) is 3. The molecule has 20 heavy (non-hydrogen) atoms. The molecule has 0 saturated carbocycles. The van der Waals surface area contributed by atoms with Gasteiger partial charge in [-0.1, -0.05) is 6.07 Å². The Morgan fingerprint density at radius 2 is 2.35 bits per heavy atom. The Kier molecular flexibility index (Phi) is 4.02. The highest BCUT2D eigenvalue weighted by Gasteiger charge is 2.17. The van der Waals surface area contributed by atoms with Crippen molar-refractivity contribution in [3.63, 3.8) is 0 Å². The van der Waals surface area contributed by atoms with Crippen LogP contribution in [0.25, 0.3) is 0 Å². The summed E-state index contributed by atoms with van der Waals surface area (Å²) in [7, 11) is 0. The summed E-state index contributed by atoms with van der Waals surface area (Å²) in [5, 5.41) is 9.92. The average Bonchev–Trinajstić information content (AvgIpc) is 2.97. The summed E-state index contributed by atoms with van der Waals surface area (Å²) >= 11 is 0. The summed E-state index contributed by atoms with van der Waals surface area (Å²) < 4.78 is 7.84. The van der Waals surface area contributed by atoms with Gasteiger partial charge in [0.15, 0.2) is 0 Å². The van der Waals surface area contributed by atoms with Crippen LogP contribution in [0.2, 0.25) is 0 Å². The van der Waals surface area contributed by atoms with Crippen molar-refractivity contribution in [1.29, 1.82) is 0 Å². The Labute approximate surface area is 119 Å². The number of aliphatic hydroxyl groups excluding tert-OH is 1. The Morgan fingerprint density at radius 3 is 3.20 bits per heavy atom. The Hall–Kier alpha value is -1.81. The molecule has 0 saturated heterocycles. The lowest BCUT2D eigenvalue weighted by atomic mass is 9.89. The summed E-state index contributed by atoms with van der Waals surface area (Å²) in [6.45, 7) is 1.61. The van der Waals surface area contributed by atoms with E-state index in [0.717, 1.165) is 43.5 Å². The molecule has 106 valence electrons. The fraction of sp³-hybridized carbons (Fsp3) is 0.438. The van der Waals surface area contributed by atoms with Crippen molar-refractivity contribution in [3.05, 3.63) is 48.0 Å². The summed E-state index contributed by atoms with van der Waals surface area (Å²) in [4.78, 5) is 4.01. The fourth-order valence-electron chi connectivity index (χ4n) is 2.71. The molecule has 2 aromatic rings. The first-order chi connectivity index (χ1) is 9.83. The normalized spacial score (nSPS) is 17.8. The van der Waals surface area contributed by atoms with Crippen molar-refractivity contribution in [2.24, 2.45) is 0 Å². The lowest BCUT2D eigenvalue weighted by Gasteiger charge is -2.21. The minimum Gasteiger partial charge on any atom is -0.494 e. The summed E-state index contributed by atoms with van der Waals surface area (Å²) in [5.41, 5.74) is 2.30. The quantitative estimate of drug-likeness (QED) is 0.851. The van der Waals surface area contributed by atoms with Gasteiger partial charge in [0.25, 0.3) is 0 Å². The molecule has 0 spiro atoms. The maximum atomic E-state index is 9.92. The lowest BCUT2D eigenvalue weighted by Crippen LogP contribution is -2.09. The van der Waals surface area contributed by atoms with Gasteiger partial charge in [0, 0.05) is 18.9 Å². The van der Waals surface area contributed by atoms with Crippen molar-refractivity contribution in [2.75, 3.05) is 6.61 Å². The zero-order valence-corrected chi connectivity index (χ0v) is 11.5. The number of aliphatic hydroxyl groups is 1. The molecule has 1 aliphatic carbocycles. The van der Waals surface area contributed by atoms with E-state index in [0.29, 0.717) is 6.61 Å². The third-order valence-electron chi connectivity index (χ3n) is 3.79. The van der Waals surface area contributed by atoms with Crippen LogP contribution in [0.1, 0.15) is 36.5 Å². The van der Waals surface area contributed by atoms with Gasteiger partial charge < -0.3 is 14.4 Å². The molecular formula is C16H20N2O2. The second kappa shape index (κ2) is 6.09. The predicted molar refractivity (Wildman–Crippen MR) is 76.7 cm³/mol. The van der Waals surface area contributed by atoms with Gasteiger partial charge in [-0.05, 0) is 48.9 Å². The van der Waals surface area contributed by atoms with Gasteiger partial charge in [-0.3, -0.25) is 0 Å². The van der Waals surface area contributed by atoms with E-state index in [1.807, 2.05) is 29.2 Å². The van der Waals surface area contributed by atoms with Crippen LogP contribution in [-0.4, -0.2) is 21.3 Å². The minimum absolute atomic E-state index is 0.297. The third-order valence-corrected chi connectivity index (χ3v) is 3.79. The zero-order valence-electron chi connectivity index (χ0n) is 11.5. The van der Waals surface area contributed by atoms with Crippen molar-refractivity contribution in [3.8, 4) is 5.75 Å². The van der Waals surface area contributed by atoms with Crippen LogP contribution in [0.3, 0.4) is 0 Å². The zero-order chi connectivity index (χ0) is 13.8. The molecule has 4 nitrogen and oxygen atoms in total. The number of nitrogens with zero attached hydrogens (tertiary/aromatic N) is 2. The molecule has 1 unspecified atom stereocenters. The first-order valence-corrected chi connectivity index (χ1v) is 7.22. The van der Waals surface area contributed by atoms with Crippen LogP contribution in [0.15, 0.2) is 36.9 Å². The first-order valence-electron chi connectivity index (χ1n) is 7.22. The SMILES string of the molecule is OC1CCCc2cc(OCCCn3ccnc3)ccc21. The highest BCUT2D eigenvalue weighted by molar-refractivity contribution is 5.38. The molecule has 0 bridgehead atoms. The van der Waals surface area contributed by atoms with E-state index in [1.165, 1.54) is 5.56 Å². The maximum absolute atomic E-state index is 9.92. The van der Waals surface area contributed by atoms with E-state index in [4.69, 9.17) is 4.74 Å². The number of aromatic nitrogens is 2. The lowest BCUT2D eigenvalue weighted by molar-refractivity contribution is 0.156. The van der Waals surface area contributed by atoms with Gasteiger partial charge in [-0.25, -0.2) is 4.98 Å². The molecule has 3 rings (SSSR count). The fourth-order valence-corrected chi connectivity index (χ4v) is 2.71. The molecular weight excluding hydrogens is 252 g/mol. The number of aryl methyl sites for hydroxylation is 2. The van der Waals surface area contributed by atoms with Crippen molar-refractivity contribution >= 4 is 0 Å². The second-order valence-electron chi connectivity index (χ2n) is 5.27. The van der Waals surface area contributed by atoms with Gasteiger partial charge in [0.05, 0.1) is 19.0 Å². The van der Waals surface area contributed by atoms with Crippen LogP contribution in [0, 0.1) is 0 Å². The van der Waals surface area contributed by atoms with Crippen molar-refractivity contribution in [2.45, 2.75) is 38.3 Å². The van der Waals surface area contributed by atoms with Gasteiger partial charge in [0.2, 0.25) is 0 Å². The van der Waals surface area contributed by atoms with Crippen LogP contribution in [0.4, 0.5) is 0 Å². The molecule has 1 atom stereocenters. The molecule has 4 heteroatoms. The monoisotopic (exact) mass is 272 g/mol. The Balaban J connectivity index is 1.53. The third kappa shape index (κ3) is 3.02. The molecule has 0 amide bonds. The van der Waals surface area contributed by atoms with Crippen molar-refractivity contribution in [1.82, 2.24) is 9.55 Å². The molecule has 1 aromatic heterocycles. The number of ether oxygens (including phenoxy) is 1. The van der Waals surface area contributed by atoms with Crippen LogP contribution in [0.5, 0.6) is 5.75 Å². The standard InChI is InChI=1S/C16H20N2O2/c19-16-4-1-3-13-11-14(5-6-15(13)16)20-10-2-8-18-9-7-17-12-18/h5-7,9,11-12,16,19H,1-4,8,10H2. The van der Waals surface area contributed by atoms with Crippen LogP contribution >= 0.6 is 0 Å². The van der Waals surface area contributed by atoms with Gasteiger partial charge in [-0.15, -0.1) is 0 Å². The summed E-state index contributed by atoms with van der Waals surface area (Å²) in [5.74, 6) is 0.906. The smallest absolute Gasteiger partial charge is 0.119 e. The predicted octanol–water partition coefficient (Wildman–Crippen LogP) is 2.72. The molecule has 1 aliphatic rings. The first kappa shape index (κ1) is 13.2. The molecule has 1 N–H and O–H groups in total. The molecule has 0 aliphatic heterocycles. The molecule has 0 fully saturated rings. The largest absolute Gasteiger partial charge is 0.494 e. The number of benzene rings is 1. The molecule has 1 aromatic carbocycles. The summed E-state index contributed by atoms with van der Waals surface area (Å²) in [6.07, 6.45) is 9.19. The number of fused-ring (bicyclic) bond motifs is 1. The van der Waals surface area contributed by atoms with Crippen LogP contribution in [-0.2, 0) is 13.0 Å². The molecule has 1 heterocycles. The summed E-state index contributed by atoms with van der Waals surface area (Å²) in [6, 6.07) is 6.05. The van der Waals surface area contributed by atoms with E-state index < -0.39 is 0 Å². The Morgan fingerprint density at radius 1 is 1.40 bits per heavy atom. The number of imidazole rings is 1. The average molecular weight is 272 g/mol. The van der Waals surface area contributed by atoms with E-state index in [2.05, 4.69) is 11.1 Å². The minimum atomic E-state index is -0.297. The van der Waals surface area contributed by atoms with E-state index >= 15 is 0 Å². The topological polar surface area (TPSA) is 47.3 Å². The number of rotatable bonds is 5. The Bertz CT molecular complexity index is 552. The van der Waals surface area contributed by atoms with Crippen LogP contribution < -0.4 is 4.74 Å². The van der Waals surface area contributed by atoms with E-state index in [-0.39, 0.29) is 6.10 Å². The second-order valence-corrected chi connectivity index (χ2v) is 5.27. The van der Waals surface area contributed by atoms with E-state index in [9.17, 15) is 5.11 Å². The highest BCUT2D eigenvalue weighted by Crippen LogP contribution is 2.31. The van der Waals surface area contributed by atoms with Crippen molar-refractivity contribution < 1.29 is 9.84 Å². The highest BCUT2D eigenvalue weighted by atomic mass is 16.5. The van der Waals surface area contributed by atoms with E-state index in [1.54, 1.807) is 6.20 Å².